The summed E-state index contributed by atoms with van der Waals surface area (Å²) in [4.78, 5) is 12.6. The minimum Gasteiger partial charge on any atom is -0.493 e. The zero-order valence-electron chi connectivity index (χ0n) is 15.6. The predicted molar refractivity (Wildman–Crippen MR) is 105 cm³/mol. The average molecular weight is 383 g/mol. The molecule has 1 aromatic rings. The van der Waals surface area contributed by atoms with Crippen LogP contribution in [0, 0.1) is 17.8 Å². The molecule has 26 heavy (non-hydrogen) atoms. The molecule has 0 radical (unpaired) electrons. The van der Waals surface area contributed by atoms with E-state index >= 15 is 0 Å². The molecular weight excluding hydrogens is 352 g/mol. The molecule has 2 aliphatic rings. The highest BCUT2D eigenvalue weighted by Gasteiger charge is 2.40. The van der Waals surface area contributed by atoms with Gasteiger partial charge in [0, 0.05) is 12.0 Å². The van der Waals surface area contributed by atoms with E-state index < -0.39 is 0 Å². The molecule has 146 valence electrons. The predicted octanol–water partition coefficient (Wildman–Crippen LogP) is 3.15. The Kier molecular flexibility index (Phi) is 7.59. The van der Waals surface area contributed by atoms with E-state index in [1.54, 1.807) is 7.11 Å². The number of rotatable bonds is 6. The lowest BCUT2D eigenvalue weighted by atomic mass is 9.65. The molecule has 5 nitrogen and oxygen atoms in total. The molecule has 3 N–H and O–H groups in total. The molecule has 2 aliphatic carbocycles. The molecule has 0 spiro atoms. The van der Waals surface area contributed by atoms with Gasteiger partial charge in [0.25, 0.3) is 0 Å². The Morgan fingerprint density at radius 2 is 1.85 bits per heavy atom. The van der Waals surface area contributed by atoms with Crippen LogP contribution in [0.2, 0.25) is 0 Å². The fraction of sp³-hybridized carbons (Fsp3) is 0.650. The van der Waals surface area contributed by atoms with Crippen molar-refractivity contribution < 1.29 is 14.3 Å². The van der Waals surface area contributed by atoms with Gasteiger partial charge in [0.1, 0.15) is 6.10 Å². The van der Waals surface area contributed by atoms with Crippen LogP contribution < -0.4 is 20.5 Å². The second-order valence-corrected chi connectivity index (χ2v) is 7.52. The Morgan fingerprint density at radius 3 is 2.46 bits per heavy atom. The summed E-state index contributed by atoms with van der Waals surface area (Å²) < 4.78 is 11.2. The lowest BCUT2D eigenvalue weighted by Crippen LogP contribution is -2.49. The van der Waals surface area contributed by atoms with E-state index in [2.05, 4.69) is 5.32 Å². The molecule has 6 heteroatoms. The van der Waals surface area contributed by atoms with Crippen molar-refractivity contribution in [3.05, 3.63) is 24.3 Å². The number of benzene rings is 1. The maximum atomic E-state index is 12.6. The maximum absolute atomic E-state index is 12.6. The third-order valence-corrected chi connectivity index (χ3v) is 5.74. The maximum Gasteiger partial charge on any atom is 0.223 e. The number of carbonyl (C=O) groups excluding carboxylic acids is 1. The van der Waals surface area contributed by atoms with Crippen LogP contribution in [-0.2, 0) is 4.79 Å². The number of nitrogens with one attached hydrogen (secondary N) is 1. The largest absolute Gasteiger partial charge is 0.493 e. The SMILES string of the molecule is COc1ccccc1OC(C)CNC(=O)C1CC2CCCC(C1)C2N.Cl. The van der Waals surface area contributed by atoms with Crippen LogP contribution in [-0.4, -0.2) is 31.7 Å². The fourth-order valence-electron chi connectivity index (χ4n) is 4.37. The van der Waals surface area contributed by atoms with Gasteiger partial charge in [0.05, 0.1) is 13.7 Å². The third-order valence-electron chi connectivity index (χ3n) is 5.74. The molecule has 1 aromatic carbocycles. The number of hydrogen-bond acceptors (Lipinski definition) is 4. The van der Waals surface area contributed by atoms with E-state index in [-0.39, 0.29) is 30.3 Å². The second-order valence-electron chi connectivity index (χ2n) is 7.52. The molecule has 2 saturated carbocycles. The van der Waals surface area contributed by atoms with Gasteiger partial charge in [-0.05, 0) is 56.6 Å². The monoisotopic (exact) mass is 382 g/mol. The first-order valence-electron chi connectivity index (χ1n) is 9.41. The van der Waals surface area contributed by atoms with Crippen molar-refractivity contribution in [1.29, 1.82) is 0 Å². The van der Waals surface area contributed by atoms with Crippen molar-refractivity contribution >= 4 is 18.3 Å². The van der Waals surface area contributed by atoms with Crippen molar-refractivity contribution in [2.45, 2.75) is 51.2 Å². The smallest absolute Gasteiger partial charge is 0.223 e. The van der Waals surface area contributed by atoms with Crippen LogP contribution in [0.3, 0.4) is 0 Å². The van der Waals surface area contributed by atoms with Gasteiger partial charge in [-0.25, -0.2) is 0 Å². The number of carbonyl (C=O) groups is 1. The van der Waals surface area contributed by atoms with E-state index in [1.165, 1.54) is 19.3 Å². The normalized spacial score (nSPS) is 28.4. The summed E-state index contributed by atoms with van der Waals surface area (Å²) in [5, 5.41) is 3.07. The highest BCUT2D eigenvalue weighted by Crippen LogP contribution is 2.41. The molecule has 1 amide bonds. The Balaban J connectivity index is 0.00000243. The number of fused-ring (bicyclic) bond motifs is 2. The van der Waals surface area contributed by atoms with Crippen LogP contribution in [0.5, 0.6) is 11.5 Å². The van der Waals surface area contributed by atoms with E-state index in [0.717, 1.165) is 12.8 Å². The zero-order chi connectivity index (χ0) is 17.8. The number of nitrogens with two attached hydrogens (primary N) is 1. The van der Waals surface area contributed by atoms with Crippen LogP contribution in [0.25, 0.3) is 0 Å². The summed E-state index contributed by atoms with van der Waals surface area (Å²) in [6.07, 6.45) is 5.37. The van der Waals surface area contributed by atoms with Crippen LogP contribution in [0.4, 0.5) is 0 Å². The van der Waals surface area contributed by atoms with Gasteiger partial charge in [0.15, 0.2) is 11.5 Å². The van der Waals surface area contributed by atoms with E-state index in [1.807, 2.05) is 31.2 Å². The molecule has 2 fully saturated rings. The Bertz CT molecular complexity index is 584. The lowest BCUT2D eigenvalue weighted by Gasteiger charge is -2.43. The minimum atomic E-state index is -0.120. The highest BCUT2D eigenvalue weighted by atomic mass is 35.5. The first-order chi connectivity index (χ1) is 12.1. The van der Waals surface area contributed by atoms with Gasteiger partial charge in [-0.2, -0.15) is 0 Å². The van der Waals surface area contributed by atoms with Gasteiger partial charge in [-0.3, -0.25) is 4.79 Å². The van der Waals surface area contributed by atoms with Gasteiger partial charge < -0.3 is 20.5 Å². The van der Waals surface area contributed by atoms with E-state index in [9.17, 15) is 4.79 Å². The molecule has 3 rings (SSSR count). The topological polar surface area (TPSA) is 73.6 Å². The first-order valence-corrected chi connectivity index (χ1v) is 9.41. The Morgan fingerprint density at radius 1 is 1.23 bits per heavy atom. The number of para-hydroxylation sites is 2. The third kappa shape index (κ3) is 4.83. The number of ether oxygens (including phenoxy) is 2. The van der Waals surface area contributed by atoms with Gasteiger partial charge in [0.2, 0.25) is 5.91 Å². The van der Waals surface area contributed by atoms with Crippen molar-refractivity contribution in [2.75, 3.05) is 13.7 Å². The van der Waals surface area contributed by atoms with Gasteiger partial charge >= 0.3 is 0 Å². The summed E-state index contributed by atoms with van der Waals surface area (Å²) in [7, 11) is 1.62. The standard InChI is InChI=1S/C20H30N2O3.ClH/c1-13(25-18-9-4-3-8-17(18)24-2)12-22-20(23)16-10-14-6-5-7-15(11-16)19(14)21;/h3-4,8-9,13-16,19H,5-7,10-12,21H2,1-2H3,(H,22,23);1H. The average Bonchev–Trinajstić information content (AvgIpc) is 2.60. The van der Waals surface area contributed by atoms with Crippen LogP contribution >= 0.6 is 12.4 Å². The summed E-state index contributed by atoms with van der Waals surface area (Å²) in [5.74, 6) is 2.70. The summed E-state index contributed by atoms with van der Waals surface area (Å²) in [5.41, 5.74) is 6.32. The number of methoxy groups -OCH3 is 1. The van der Waals surface area contributed by atoms with Crippen molar-refractivity contribution in [1.82, 2.24) is 5.32 Å². The molecule has 0 aromatic heterocycles. The summed E-state index contributed by atoms with van der Waals surface area (Å²) >= 11 is 0. The second kappa shape index (κ2) is 9.47. The fourth-order valence-corrected chi connectivity index (χ4v) is 4.37. The van der Waals surface area contributed by atoms with Gasteiger partial charge in [-0.15, -0.1) is 12.4 Å². The molecule has 0 heterocycles. The number of amides is 1. The quantitative estimate of drug-likeness (QED) is 0.792. The van der Waals surface area contributed by atoms with Crippen LogP contribution in [0.1, 0.15) is 39.0 Å². The van der Waals surface area contributed by atoms with Gasteiger partial charge in [-0.1, -0.05) is 18.6 Å². The van der Waals surface area contributed by atoms with E-state index in [0.29, 0.717) is 35.9 Å². The molecule has 3 atom stereocenters. The van der Waals surface area contributed by atoms with Crippen molar-refractivity contribution in [2.24, 2.45) is 23.5 Å². The molecule has 2 bridgehead atoms. The Labute approximate surface area is 162 Å². The number of halogens is 1. The first kappa shape index (κ1) is 20.8. The summed E-state index contributed by atoms with van der Waals surface area (Å²) in [6.45, 7) is 2.45. The molecule has 0 aliphatic heterocycles. The number of hydrogen-bond donors (Lipinski definition) is 2. The lowest BCUT2D eigenvalue weighted by molar-refractivity contribution is -0.128. The van der Waals surface area contributed by atoms with Crippen molar-refractivity contribution in [3.63, 3.8) is 0 Å². The minimum absolute atomic E-state index is 0. The van der Waals surface area contributed by atoms with Crippen LogP contribution in [0.15, 0.2) is 24.3 Å². The summed E-state index contributed by atoms with van der Waals surface area (Å²) in [6, 6.07) is 7.85. The zero-order valence-corrected chi connectivity index (χ0v) is 16.5. The van der Waals surface area contributed by atoms with Crippen molar-refractivity contribution in [3.8, 4) is 11.5 Å². The molecule has 3 unspecified atom stereocenters. The molecule has 0 saturated heterocycles. The highest BCUT2D eigenvalue weighted by molar-refractivity contribution is 5.85. The Hall–Kier alpha value is -1.46. The molecular formula is C20H31ClN2O3. The van der Waals surface area contributed by atoms with E-state index in [4.69, 9.17) is 15.2 Å².